The highest BCUT2D eigenvalue weighted by Gasteiger charge is 2.37. The van der Waals surface area contributed by atoms with Crippen molar-refractivity contribution in [2.75, 3.05) is 21.1 Å². The summed E-state index contributed by atoms with van der Waals surface area (Å²) in [5.41, 5.74) is 0. The van der Waals surface area contributed by atoms with Gasteiger partial charge in [-0.1, -0.05) is 0 Å². The van der Waals surface area contributed by atoms with Crippen molar-refractivity contribution in [3.8, 4) is 12.3 Å². The lowest BCUT2D eigenvalue weighted by atomic mass is 10.6. The Balaban J connectivity index is 2.93. The van der Waals surface area contributed by atoms with E-state index in [4.69, 9.17) is 10.9 Å². The molecule has 0 spiro atoms. The van der Waals surface area contributed by atoms with E-state index in [0.29, 0.717) is 5.76 Å². The molecule has 1 unspecified atom stereocenters. The van der Waals surface area contributed by atoms with Gasteiger partial charge < -0.3 is 4.52 Å². The third kappa shape index (κ3) is 1.22. The van der Waals surface area contributed by atoms with Crippen molar-refractivity contribution in [3.05, 3.63) is 12.0 Å². The zero-order valence-electron chi connectivity index (χ0n) is 7.31. The standard InChI is InChI=1S/C7H11N2O2P/c1-5-7-6-9(4)12(10,11-7)8(2)3/h1,6H,2-4H3. The van der Waals surface area contributed by atoms with Crippen LogP contribution in [0.15, 0.2) is 12.0 Å². The Morgan fingerprint density at radius 1 is 1.75 bits per heavy atom. The summed E-state index contributed by atoms with van der Waals surface area (Å²) in [6.07, 6.45) is 6.66. The number of hydrogen-bond acceptors (Lipinski definition) is 2. The number of rotatable bonds is 1. The van der Waals surface area contributed by atoms with E-state index in [1.807, 2.05) is 0 Å². The van der Waals surface area contributed by atoms with Crippen LogP contribution >= 0.6 is 7.67 Å². The molecule has 1 atom stereocenters. The summed E-state index contributed by atoms with van der Waals surface area (Å²) >= 11 is 0. The summed E-state index contributed by atoms with van der Waals surface area (Å²) in [6, 6.07) is 0. The van der Waals surface area contributed by atoms with Crippen LogP contribution in [0.2, 0.25) is 0 Å². The summed E-state index contributed by atoms with van der Waals surface area (Å²) in [5.74, 6) is 2.62. The molecule has 66 valence electrons. The molecule has 5 heteroatoms. The Morgan fingerprint density at radius 3 is 2.58 bits per heavy atom. The molecule has 12 heavy (non-hydrogen) atoms. The van der Waals surface area contributed by atoms with Gasteiger partial charge in [0, 0.05) is 7.05 Å². The van der Waals surface area contributed by atoms with Crippen molar-refractivity contribution in [1.29, 1.82) is 0 Å². The Labute approximate surface area is 72.4 Å². The lowest BCUT2D eigenvalue weighted by Gasteiger charge is -2.24. The van der Waals surface area contributed by atoms with E-state index in [2.05, 4.69) is 5.92 Å². The molecule has 0 saturated carbocycles. The normalized spacial score (nSPS) is 28.2. The van der Waals surface area contributed by atoms with Crippen LogP contribution in [0.4, 0.5) is 0 Å². The minimum atomic E-state index is -2.87. The zero-order chi connectivity index (χ0) is 9.35. The third-order valence-corrected chi connectivity index (χ3v) is 3.93. The van der Waals surface area contributed by atoms with Gasteiger partial charge in [-0.3, -0.25) is 4.67 Å². The van der Waals surface area contributed by atoms with Crippen molar-refractivity contribution in [1.82, 2.24) is 9.34 Å². The molecule has 0 radical (unpaired) electrons. The molecule has 0 aromatic rings. The first-order valence-corrected chi connectivity index (χ1v) is 4.93. The number of nitrogens with zero attached hydrogens (tertiary/aromatic N) is 2. The fraction of sp³-hybridized carbons (Fsp3) is 0.429. The molecular weight excluding hydrogens is 175 g/mol. The van der Waals surface area contributed by atoms with Crippen LogP contribution < -0.4 is 0 Å². The quantitative estimate of drug-likeness (QED) is 0.453. The van der Waals surface area contributed by atoms with E-state index in [1.54, 1.807) is 27.3 Å². The number of terminal acetylenes is 1. The molecule has 0 aromatic carbocycles. The average Bonchev–Trinajstić information content (AvgIpc) is 2.29. The molecule has 0 aromatic heterocycles. The largest absolute Gasteiger partial charge is 0.421 e. The Kier molecular flexibility index (Phi) is 2.18. The second-order valence-electron chi connectivity index (χ2n) is 2.64. The fourth-order valence-corrected chi connectivity index (χ4v) is 2.35. The van der Waals surface area contributed by atoms with Gasteiger partial charge in [0.1, 0.15) is 0 Å². The van der Waals surface area contributed by atoms with Gasteiger partial charge in [0.05, 0.1) is 6.20 Å². The van der Waals surface area contributed by atoms with Crippen LogP contribution in [0.1, 0.15) is 0 Å². The molecule has 0 amide bonds. The Hall–Kier alpha value is -0.910. The fourth-order valence-electron chi connectivity index (χ4n) is 0.886. The SMILES string of the molecule is C#CC1=CN(C)P(=O)(N(C)C)O1. The average molecular weight is 186 g/mol. The topological polar surface area (TPSA) is 32.8 Å². The molecule has 0 N–H and O–H groups in total. The molecule has 0 aliphatic carbocycles. The van der Waals surface area contributed by atoms with E-state index in [0.717, 1.165) is 0 Å². The van der Waals surface area contributed by atoms with Crippen molar-refractivity contribution >= 4 is 7.67 Å². The molecule has 1 aliphatic rings. The predicted molar refractivity (Wildman–Crippen MR) is 47.1 cm³/mol. The summed E-state index contributed by atoms with van der Waals surface area (Å²) in [7, 11) is 2.17. The monoisotopic (exact) mass is 186 g/mol. The molecule has 0 bridgehead atoms. The maximum Gasteiger partial charge on any atom is 0.421 e. The van der Waals surface area contributed by atoms with Crippen LogP contribution in [0, 0.1) is 12.3 Å². The predicted octanol–water partition coefficient (Wildman–Crippen LogP) is 1.09. The van der Waals surface area contributed by atoms with Gasteiger partial charge in [0.25, 0.3) is 0 Å². The van der Waals surface area contributed by atoms with Gasteiger partial charge in [-0.05, 0) is 20.0 Å². The van der Waals surface area contributed by atoms with Crippen LogP contribution in [-0.4, -0.2) is 30.5 Å². The third-order valence-electron chi connectivity index (χ3n) is 1.57. The Bertz CT molecular complexity index is 303. The molecule has 0 fully saturated rings. The van der Waals surface area contributed by atoms with Gasteiger partial charge in [0.15, 0.2) is 5.76 Å². The van der Waals surface area contributed by atoms with E-state index in [1.165, 1.54) is 9.34 Å². The molecule has 1 rings (SSSR count). The van der Waals surface area contributed by atoms with Crippen molar-refractivity contribution in [3.63, 3.8) is 0 Å². The minimum Gasteiger partial charge on any atom is -0.407 e. The maximum atomic E-state index is 11.9. The van der Waals surface area contributed by atoms with Gasteiger partial charge in [-0.2, -0.15) is 0 Å². The number of hydrogen-bond donors (Lipinski definition) is 0. The first kappa shape index (κ1) is 9.18. The highest BCUT2D eigenvalue weighted by molar-refractivity contribution is 7.54. The number of allylic oxidation sites excluding steroid dienone is 1. The van der Waals surface area contributed by atoms with Gasteiger partial charge in [-0.25, -0.2) is 9.24 Å². The van der Waals surface area contributed by atoms with Crippen LogP contribution in [0.3, 0.4) is 0 Å². The highest BCUT2D eigenvalue weighted by Crippen LogP contribution is 2.57. The molecule has 1 aliphatic heterocycles. The molecule has 1 heterocycles. The first-order valence-electron chi connectivity index (χ1n) is 3.40. The molecular formula is C7H11N2O2P. The smallest absolute Gasteiger partial charge is 0.407 e. The van der Waals surface area contributed by atoms with E-state index >= 15 is 0 Å². The second-order valence-corrected chi connectivity index (χ2v) is 5.24. The van der Waals surface area contributed by atoms with Gasteiger partial charge in [-0.15, -0.1) is 6.42 Å². The Morgan fingerprint density at radius 2 is 2.33 bits per heavy atom. The van der Waals surface area contributed by atoms with E-state index < -0.39 is 7.67 Å². The van der Waals surface area contributed by atoms with E-state index in [-0.39, 0.29) is 0 Å². The summed E-state index contributed by atoms with van der Waals surface area (Å²) in [4.78, 5) is 0. The van der Waals surface area contributed by atoms with Crippen molar-refractivity contribution in [2.45, 2.75) is 0 Å². The van der Waals surface area contributed by atoms with E-state index in [9.17, 15) is 4.57 Å². The zero-order valence-corrected chi connectivity index (χ0v) is 8.21. The summed E-state index contributed by atoms with van der Waals surface area (Å²) < 4.78 is 20.0. The van der Waals surface area contributed by atoms with Gasteiger partial charge in [0.2, 0.25) is 0 Å². The first-order chi connectivity index (χ1) is 5.50. The van der Waals surface area contributed by atoms with Crippen molar-refractivity contribution in [2.24, 2.45) is 0 Å². The lowest BCUT2D eigenvalue weighted by molar-refractivity contribution is 0.351. The molecule has 4 nitrogen and oxygen atoms in total. The molecule has 0 saturated heterocycles. The van der Waals surface area contributed by atoms with Gasteiger partial charge >= 0.3 is 7.67 Å². The van der Waals surface area contributed by atoms with Crippen LogP contribution in [-0.2, 0) is 9.09 Å². The highest BCUT2D eigenvalue weighted by atomic mass is 31.2. The van der Waals surface area contributed by atoms with Crippen molar-refractivity contribution < 1.29 is 9.09 Å². The summed E-state index contributed by atoms with van der Waals surface area (Å²) in [6.45, 7) is 0. The minimum absolute atomic E-state index is 0.314. The maximum absolute atomic E-state index is 11.9. The van der Waals surface area contributed by atoms with Crippen LogP contribution in [0.5, 0.6) is 0 Å². The second kappa shape index (κ2) is 2.85. The van der Waals surface area contributed by atoms with Crippen LogP contribution in [0.25, 0.3) is 0 Å². The summed E-state index contributed by atoms with van der Waals surface area (Å²) in [5, 5.41) is 0. The lowest BCUT2D eigenvalue weighted by Crippen LogP contribution is -2.17.